The number of thioether (sulfide) groups is 1. The summed E-state index contributed by atoms with van der Waals surface area (Å²) in [4.78, 5) is 1.31. The summed E-state index contributed by atoms with van der Waals surface area (Å²) in [6.07, 6.45) is 0. The molecule has 2 rings (SSSR count). The van der Waals surface area contributed by atoms with E-state index in [0.717, 1.165) is 17.3 Å². The van der Waals surface area contributed by atoms with Gasteiger partial charge in [0, 0.05) is 21.7 Å². The molecule has 0 heterocycles. The van der Waals surface area contributed by atoms with Crippen molar-refractivity contribution in [3.05, 3.63) is 64.7 Å². The van der Waals surface area contributed by atoms with Crippen LogP contribution in [0.3, 0.4) is 0 Å². The second kappa shape index (κ2) is 7.72. The molecule has 1 atom stereocenters. The lowest BCUT2D eigenvalue weighted by Gasteiger charge is -2.18. The summed E-state index contributed by atoms with van der Waals surface area (Å²) in [6, 6.07) is 17.1. The molecule has 0 aromatic heterocycles. The molecule has 1 nitrogen and oxygen atoms in total. The highest BCUT2D eigenvalue weighted by atomic mass is 35.5. The summed E-state index contributed by atoms with van der Waals surface area (Å²) < 4.78 is 0. The van der Waals surface area contributed by atoms with E-state index in [9.17, 15) is 0 Å². The maximum Gasteiger partial charge on any atom is 0.0415 e. The number of benzene rings is 2. The van der Waals surface area contributed by atoms with Crippen LogP contribution >= 0.6 is 23.4 Å². The fourth-order valence-electron chi connectivity index (χ4n) is 2.06. The third kappa shape index (κ3) is 4.55. The van der Waals surface area contributed by atoms with E-state index in [1.54, 1.807) is 0 Å². The second-order valence-corrected chi connectivity index (χ2v) is 6.32. The van der Waals surface area contributed by atoms with Crippen LogP contribution in [0.15, 0.2) is 53.4 Å². The Balaban J connectivity index is 2.04. The lowest BCUT2D eigenvalue weighted by molar-refractivity contribution is 0.606. The Hall–Kier alpha value is -0.960. The van der Waals surface area contributed by atoms with Gasteiger partial charge in [-0.15, -0.1) is 11.8 Å². The predicted octanol–water partition coefficient (Wildman–Crippen LogP) is 5.09. The van der Waals surface area contributed by atoms with Crippen molar-refractivity contribution in [3.8, 4) is 0 Å². The Morgan fingerprint density at radius 3 is 2.55 bits per heavy atom. The first kappa shape index (κ1) is 15.4. The average molecular weight is 306 g/mol. The topological polar surface area (TPSA) is 12.0 Å². The molecular weight excluding hydrogens is 286 g/mol. The number of halogens is 1. The minimum Gasteiger partial charge on any atom is -0.309 e. The molecule has 2 aromatic rings. The van der Waals surface area contributed by atoms with Gasteiger partial charge in [-0.25, -0.2) is 0 Å². The van der Waals surface area contributed by atoms with Crippen molar-refractivity contribution < 1.29 is 0 Å². The van der Waals surface area contributed by atoms with E-state index in [0.29, 0.717) is 6.04 Å². The first-order chi connectivity index (χ1) is 9.69. The van der Waals surface area contributed by atoms with E-state index in [1.165, 1.54) is 16.0 Å². The van der Waals surface area contributed by atoms with E-state index in [-0.39, 0.29) is 0 Å². The SMILES string of the molecule is CCNC(CSc1ccc(C)cc1)c1cccc(Cl)c1. The zero-order valence-corrected chi connectivity index (χ0v) is 13.5. The standard InChI is InChI=1S/C17H20ClNS/c1-3-19-17(14-5-4-6-15(18)11-14)12-20-16-9-7-13(2)8-10-16/h4-11,17,19H,3,12H2,1-2H3. The van der Waals surface area contributed by atoms with Crippen molar-refractivity contribution in [2.24, 2.45) is 0 Å². The van der Waals surface area contributed by atoms with Gasteiger partial charge in [-0.3, -0.25) is 0 Å². The summed E-state index contributed by atoms with van der Waals surface area (Å²) >= 11 is 7.96. The van der Waals surface area contributed by atoms with Crippen LogP contribution in [0.2, 0.25) is 5.02 Å². The van der Waals surface area contributed by atoms with Gasteiger partial charge in [0.15, 0.2) is 0 Å². The molecule has 0 aliphatic rings. The van der Waals surface area contributed by atoms with E-state index in [1.807, 2.05) is 30.0 Å². The van der Waals surface area contributed by atoms with Gasteiger partial charge in [-0.05, 0) is 43.3 Å². The van der Waals surface area contributed by atoms with Crippen molar-refractivity contribution in [2.75, 3.05) is 12.3 Å². The summed E-state index contributed by atoms with van der Waals surface area (Å²) in [5.74, 6) is 0.997. The second-order valence-electron chi connectivity index (χ2n) is 4.79. The van der Waals surface area contributed by atoms with E-state index >= 15 is 0 Å². The molecule has 20 heavy (non-hydrogen) atoms. The number of rotatable bonds is 6. The van der Waals surface area contributed by atoms with Gasteiger partial charge in [0.05, 0.1) is 0 Å². The molecule has 1 unspecified atom stereocenters. The molecule has 106 valence electrons. The third-order valence-electron chi connectivity index (χ3n) is 3.14. The van der Waals surface area contributed by atoms with E-state index in [2.05, 4.69) is 49.5 Å². The van der Waals surface area contributed by atoms with Crippen molar-refractivity contribution in [1.29, 1.82) is 0 Å². The molecule has 0 spiro atoms. The largest absolute Gasteiger partial charge is 0.309 e. The Bertz CT molecular complexity index is 539. The van der Waals surface area contributed by atoms with Gasteiger partial charge in [0.1, 0.15) is 0 Å². The molecule has 0 amide bonds. The Morgan fingerprint density at radius 1 is 1.15 bits per heavy atom. The number of hydrogen-bond acceptors (Lipinski definition) is 2. The fraction of sp³-hybridized carbons (Fsp3) is 0.294. The average Bonchev–Trinajstić information content (AvgIpc) is 2.45. The van der Waals surface area contributed by atoms with E-state index < -0.39 is 0 Å². The maximum atomic E-state index is 6.09. The van der Waals surface area contributed by atoms with Crippen LogP contribution in [-0.4, -0.2) is 12.3 Å². The molecule has 2 aromatic carbocycles. The zero-order valence-electron chi connectivity index (χ0n) is 11.9. The summed E-state index contributed by atoms with van der Waals surface area (Å²) in [7, 11) is 0. The van der Waals surface area contributed by atoms with Crippen molar-refractivity contribution in [3.63, 3.8) is 0 Å². The first-order valence-electron chi connectivity index (χ1n) is 6.87. The molecule has 1 N–H and O–H groups in total. The summed E-state index contributed by atoms with van der Waals surface area (Å²) in [5.41, 5.74) is 2.55. The maximum absolute atomic E-state index is 6.09. The van der Waals surface area contributed by atoms with Gasteiger partial charge in [0.25, 0.3) is 0 Å². The Labute approximate surface area is 130 Å². The summed E-state index contributed by atoms with van der Waals surface area (Å²) in [6.45, 7) is 5.20. The van der Waals surface area contributed by atoms with Crippen LogP contribution in [0.5, 0.6) is 0 Å². The molecule has 0 bridgehead atoms. The summed E-state index contributed by atoms with van der Waals surface area (Å²) in [5, 5.41) is 4.33. The zero-order chi connectivity index (χ0) is 14.4. The van der Waals surface area contributed by atoms with Crippen molar-refractivity contribution in [1.82, 2.24) is 5.32 Å². The minimum atomic E-state index is 0.324. The molecule has 0 aliphatic carbocycles. The Morgan fingerprint density at radius 2 is 1.90 bits per heavy atom. The fourth-order valence-corrected chi connectivity index (χ4v) is 3.25. The lowest BCUT2D eigenvalue weighted by Crippen LogP contribution is -2.22. The monoisotopic (exact) mass is 305 g/mol. The van der Waals surface area contributed by atoms with Crippen LogP contribution in [0.4, 0.5) is 0 Å². The van der Waals surface area contributed by atoms with Crippen LogP contribution in [0.25, 0.3) is 0 Å². The molecule has 0 saturated carbocycles. The molecule has 0 aliphatic heterocycles. The first-order valence-corrected chi connectivity index (χ1v) is 8.23. The van der Waals surface area contributed by atoms with Crippen molar-refractivity contribution >= 4 is 23.4 Å². The highest BCUT2D eigenvalue weighted by Crippen LogP contribution is 2.26. The number of hydrogen-bond donors (Lipinski definition) is 1. The molecule has 0 fully saturated rings. The van der Waals surface area contributed by atoms with Gasteiger partial charge >= 0.3 is 0 Å². The molecular formula is C17H20ClNS. The third-order valence-corrected chi connectivity index (χ3v) is 4.48. The van der Waals surface area contributed by atoms with E-state index in [4.69, 9.17) is 11.6 Å². The quantitative estimate of drug-likeness (QED) is 0.746. The van der Waals surface area contributed by atoms with Crippen LogP contribution in [-0.2, 0) is 0 Å². The highest BCUT2D eigenvalue weighted by molar-refractivity contribution is 7.99. The van der Waals surface area contributed by atoms with Gasteiger partial charge in [-0.2, -0.15) is 0 Å². The van der Waals surface area contributed by atoms with Crippen LogP contribution in [0.1, 0.15) is 24.1 Å². The van der Waals surface area contributed by atoms with Crippen molar-refractivity contribution in [2.45, 2.75) is 24.8 Å². The molecule has 0 radical (unpaired) electrons. The smallest absolute Gasteiger partial charge is 0.0415 e. The predicted molar refractivity (Wildman–Crippen MR) is 89.8 cm³/mol. The van der Waals surface area contributed by atoms with Gasteiger partial charge < -0.3 is 5.32 Å². The molecule has 0 saturated heterocycles. The minimum absolute atomic E-state index is 0.324. The molecule has 3 heteroatoms. The Kier molecular flexibility index (Phi) is 5.96. The van der Waals surface area contributed by atoms with Gasteiger partial charge in [0.2, 0.25) is 0 Å². The normalized spacial score (nSPS) is 12.3. The lowest BCUT2D eigenvalue weighted by atomic mass is 10.1. The highest BCUT2D eigenvalue weighted by Gasteiger charge is 2.11. The number of nitrogens with one attached hydrogen (secondary N) is 1. The van der Waals surface area contributed by atoms with Crippen LogP contribution < -0.4 is 5.32 Å². The number of aryl methyl sites for hydroxylation is 1. The van der Waals surface area contributed by atoms with Gasteiger partial charge in [-0.1, -0.05) is 48.4 Å². The van der Waals surface area contributed by atoms with Crippen LogP contribution in [0, 0.1) is 6.92 Å².